The molecule has 0 bridgehead atoms. The van der Waals surface area contributed by atoms with Gasteiger partial charge in [0, 0.05) is 13.4 Å². The zero-order valence-corrected chi connectivity index (χ0v) is 13.4. The second kappa shape index (κ2) is 6.41. The van der Waals surface area contributed by atoms with E-state index >= 15 is 0 Å². The highest BCUT2D eigenvalue weighted by atomic mass is 32.2. The summed E-state index contributed by atoms with van der Waals surface area (Å²) in [7, 11) is -1.39. The van der Waals surface area contributed by atoms with E-state index in [-0.39, 0.29) is 18.1 Å². The lowest BCUT2D eigenvalue weighted by Gasteiger charge is -2.32. The summed E-state index contributed by atoms with van der Waals surface area (Å²) in [6, 6.07) is -0.571. The molecule has 1 saturated carbocycles. The van der Waals surface area contributed by atoms with E-state index in [2.05, 4.69) is 10.1 Å². The molecule has 2 rings (SSSR count). The van der Waals surface area contributed by atoms with Gasteiger partial charge in [0.2, 0.25) is 11.7 Å². The minimum absolute atomic E-state index is 0.00129. The summed E-state index contributed by atoms with van der Waals surface area (Å²) in [4.78, 5) is 4.35. The van der Waals surface area contributed by atoms with Gasteiger partial charge in [-0.3, -0.25) is 0 Å². The number of nitrogens with zero attached hydrogens (tertiary/aromatic N) is 2. The van der Waals surface area contributed by atoms with Crippen molar-refractivity contribution in [1.29, 1.82) is 0 Å². The molecule has 7 nitrogen and oxygen atoms in total. The summed E-state index contributed by atoms with van der Waals surface area (Å²) >= 11 is 0. The molecule has 1 atom stereocenters. The average Bonchev–Trinajstić information content (AvgIpc) is 2.95. The molecule has 1 aliphatic rings. The molecule has 21 heavy (non-hydrogen) atoms. The molecule has 120 valence electrons. The number of nitrogens with two attached hydrogens (primary N) is 1. The Morgan fingerprint density at radius 3 is 2.62 bits per heavy atom. The second-order valence-electron chi connectivity index (χ2n) is 5.74. The average molecular weight is 317 g/mol. The maximum absolute atomic E-state index is 11.2. The van der Waals surface area contributed by atoms with Crippen LogP contribution in [0.25, 0.3) is 0 Å². The van der Waals surface area contributed by atoms with Crippen LogP contribution in [0.4, 0.5) is 0 Å². The molecule has 1 aliphatic carbocycles. The molecule has 2 N–H and O–H groups in total. The third-order valence-electron chi connectivity index (χ3n) is 4.02. The van der Waals surface area contributed by atoms with Crippen molar-refractivity contribution in [2.75, 3.05) is 19.1 Å². The molecule has 0 amide bonds. The maximum atomic E-state index is 11.2. The number of sulfone groups is 1. The van der Waals surface area contributed by atoms with Crippen LogP contribution >= 0.6 is 0 Å². The molecular weight excluding hydrogens is 294 g/mol. The van der Waals surface area contributed by atoms with Gasteiger partial charge in [0.15, 0.2) is 0 Å². The monoisotopic (exact) mass is 317 g/mol. The molecule has 0 saturated heterocycles. The van der Waals surface area contributed by atoms with Crippen LogP contribution in [-0.2, 0) is 20.2 Å². The SMILES string of the molecule is COC1(c2noc(C(N)CCS(C)(=O)=O)n2)CCCCC1. The minimum atomic E-state index is -3.05. The lowest BCUT2D eigenvalue weighted by molar-refractivity contribution is -0.0527. The lowest BCUT2D eigenvalue weighted by Crippen LogP contribution is -2.32. The molecule has 1 heterocycles. The van der Waals surface area contributed by atoms with Gasteiger partial charge in [-0.1, -0.05) is 24.4 Å². The predicted molar refractivity (Wildman–Crippen MR) is 77.3 cm³/mol. The number of methoxy groups -OCH3 is 1. The summed E-state index contributed by atoms with van der Waals surface area (Å²) in [6.45, 7) is 0. The zero-order valence-electron chi connectivity index (χ0n) is 12.5. The summed E-state index contributed by atoms with van der Waals surface area (Å²) < 4.78 is 33.2. The molecule has 1 aromatic heterocycles. The summed E-state index contributed by atoms with van der Waals surface area (Å²) in [5.41, 5.74) is 5.44. The van der Waals surface area contributed by atoms with Gasteiger partial charge in [-0.15, -0.1) is 0 Å². The van der Waals surface area contributed by atoms with E-state index in [4.69, 9.17) is 15.0 Å². The van der Waals surface area contributed by atoms with Crippen LogP contribution in [0, 0.1) is 0 Å². The number of aromatic nitrogens is 2. The van der Waals surface area contributed by atoms with E-state index in [1.54, 1.807) is 7.11 Å². The highest BCUT2D eigenvalue weighted by molar-refractivity contribution is 7.90. The highest BCUT2D eigenvalue weighted by Gasteiger charge is 2.38. The number of ether oxygens (including phenoxy) is 1. The largest absolute Gasteiger partial charge is 0.370 e. The van der Waals surface area contributed by atoms with E-state index in [0.29, 0.717) is 5.82 Å². The van der Waals surface area contributed by atoms with Crippen LogP contribution in [0.5, 0.6) is 0 Å². The predicted octanol–water partition coefficient (Wildman–Crippen LogP) is 1.31. The van der Waals surface area contributed by atoms with E-state index in [1.807, 2.05) is 0 Å². The molecule has 1 unspecified atom stereocenters. The Bertz CT molecular complexity index is 564. The van der Waals surface area contributed by atoms with E-state index in [1.165, 1.54) is 12.7 Å². The smallest absolute Gasteiger partial charge is 0.243 e. The maximum Gasteiger partial charge on any atom is 0.243 e. The van der Waals surface area contributed by atoms with E-state index in [9.17, 15) is 8.42 Å². The third-order valence-corrected chi connectivity index (χ3v) is 5.00. The van der Waals surface area contributed by atoms with Crippen molar-refractivity contribution in [1.82, 2.24) is 10.1 Å². The summed E-state index contributed by atoms with van der Waals surface area (Å²) in [5, 5.41) is 4.01. The van der Waals surface area contributed by atoms with Crippen molar-refractivity contribution in [3.05, 3.63) is 11.7 Å². The lowest BCUT2D eigenvalue weighted by atomic mass is 9.84. The first-order valence-corrected chi connectivity index (χ1v) is 9.25. The Balaban J connectivity index is 2.09. The molecular formula is C13H23N3O4S. The van der Waals surface area contributed by atoms with Gasteiger partial charge >= 0.3 is 0 Å². The van der Waals surface area contributed by atoms with E-state index < -0.39 is 21.5 Å². The molecule has 0 spiro atoms. The Labute approximate surface area is 125 Å². The molecule has 0 aromatic carbocycles. The molecule has 8 heteroatoms. The van der Waals surface area contributed by atoms with Crippen LogP contribution in [0.1, 0.15) is 56.3 Å². The Hall–Kier alpha value is -0.990. The summed E-state index contributed by atoms with van der Waals surface area (Å²) in [5.74, 6) is 0.798. The van der Waals surface area contributed by atoms with Crippen LogP contribution in [-0.4, -0.2) is 37.7 Å². The quantitative estimate of drug-likeness (QED) is 0.842. The minimum Gasteiger partial charge on any atom is -0.370 e. The second-order valence-corrected chi connectivity index (χ2v) is 8.00. The highest BCUT2D eigenvalue weighted by Crippen LogP contribution is 2.38. The Morgan fingerprint density at radius 1 is 1.38 bits per heavy atom. The Morgan fingerprint density at radius 2 is 2.05 bits per heavy atom. The van der Waals surface area contributed by atoms with Crippen molar-refractivity contribution in [3.63, 3.8) is 0 Å². The van der Waals surface area contributed by atoms with Gasteiger partial charge in [-0.25, -0.2) is 8.42 Å². The molecule has 0 radical (unpaired) electrons. The molecule has 0 aliphatic heterocycles. The van der Waals surface area contributed by atoms with Crippen LogP contribution < -0.4 is 5.73 Å². The topological polar surface area (TPSA) is 108 Å². The van der Waals surface area contributed by atoms with Crippen LogP contribution in [0.2, 0.25) is 0 Å². The van der Waals surface area contributed by atoms with Crippen LogP contribution in [0.3, 0.4) is 0 Å². The zero-order chi connectivity index (χ0) is 15.5. The van der Waals surface area contributed by atoms with Gasteiger partial charge in [0.25, 0.3) is 0 Å². The van der Waals surface area contributed by atoms with Gasteiger partial charge in [-0.2, -0.15) is 4.98 Å². The van der Waals surface area contributed by atoms with Crippen molar-refractivity contribution in [2.24, 2.45) is 5.73 Å². The van der Waals surface area contributed by atoms with Crippen molar-refractivity contribution >= 4 is 9.84 Å². The number of rotatable bonds is 6. The first-order chi connectivity index (χ1) is 9.86. The first-order valence-electron chi connectivity index (χ1n) is 7.19. The van der Waals surface area contributed by atoms with Gasteiger partial charge in [0.1, 0.15) is 15.4 Å². The Kier molecular flexibility index (Phi) is 5.00. The number of hydrogen-bond donors (Lipinski definition) is 1. The molecule has 1 aromatic rings. The van der Waals surface area contributed by atoms with Gasteiger partial charge < -0.3 is 15.0 Å². The van der Waals surface area contributed by atoms with E-state index in [0.717, 1.165) is 25.7 Å². The molecule has 1 fully saturated rings. The van der Waals surface area contributed by atoms with Crippen molar-refractivity contribution < 1.29 is 17.7 Å². The fourth-order valence-electron chi connectivity index (χ4n) is 2.68. The summed E-state index contributed by atoms with van der Waals surface area (Å²) in [6.07, 6.45) is 6.49. The van der Waals surface area contributed by atoms with Gasteiger partial charge in [0.05, 0.1) is 11.8 Å². The normalized spacial score (nSPS) is 20.3. The standard InChI is InChI=1S/C13H23N3O4S/c1-19-13(7-4-3-5-8-13)12-15-11(20-16-12)10(14)6-9-21(2,17)18/h10H,3-9,14H2,1-2H3. The van der Waals surface area contributed by atoms with Crippen molar-refractivity contribution in [2.45, 2.75) is 50.2 Å². The van der Waals surface area contributed by atoms with Gasteiger partial charge in [-0.05, 0) is 19.3 Å². The fourth-order valence-corrected chi connectivity index (χ4v) is 3.36. The fraction of sp³-hybridized carbons (Fsp3) is 0.846. The first kappa shape index (κ1) is 16.4. The van der Waals surface area contributed by atoms with Crippen molar-refractivity contribution in [3.8, 4) is 0 Å². The third kappa shape index (κ3) is 4.02. The number of hydrogen-bond acceptors (Lipinski definition) is 7. The van der Waals surface area contributed by atoms with Crippen LogP contribution in [0.15, 0.2) is 4.52 Å².